The maximum Gasteiger partial charge on any atom is 0.341 e. The Bertz CT molecular complexity index is 1220. The molecule has 8 nitrogen and oxygen atoms in total. The molecule has 0 spiro atoms. The molecule has 1 amide bonds. The molecule has 3 aromatic rings. The van der Waals surface area contributed by atoms with Gasteiger partial charge in [0, 0.05) is 11.9 Å². The monoisotopic (exact) mass is 514 g/mol. The Morgan fingerprint density at radius 2 is 2.14 bits per heavy atom. The van der Waals surface area contributed by atoms with E-state index in [1.54, 1.807) is 6.92 Å². The molecule has 4 rings (SSSR count). The van der Waals surface area contributed by atoms with E-state index in [1.807, 2.05) is 42.8 Å². The maximum absolute atomic E-state index is 12.8. The van der Waals surface area contributed by atoms with E-state index in [0.29, 0.717) is 34.1 Å². The van der Waals surface area contributed by atoms with Crippen LogP contribution in [0.3, 0.4) is 0 Å². The van der Waals surface area contributed by atoms with Gasteiger partial charge in [-0.15, -0.1) is 21.5 Å². The third-order valence-corrected chi connectivity index (χ3v) is 8.05. The zero-order chi connectivity index (χ0) is 24.9. The van der Waals surface area contributed by atoms with Gasteiger partial charge < -0.3 is 19.4 Å². The Labute approximate surface area is 213 Å². The number of amides is 1. The van der Waals surface area contributed by atoms with Crippen molar-refractivity contribution in [1.82, 2.24) is 14.8 Å². The Balaban J connectivity index is 1.38. The van der Waals surface area contributed by atoms with Crippen LogP contribution in [-0.2, 0) is 36.0 Å². The van der Waals surface area contributed by atoms with Gasteiger partial charge in [0.25, 0.3) is 0 Å². The van der Waals surface area contributed by atoms with Crippen molar-refractivity contribution in [3.8, 4) is 5.75 Å². The molecule has 1 atom stereocenters. The van der Waals surface area contributed by atoms with Crippen LogP contribution >= 0.6 is 23.1 Å². The first kappa shape index (κ1) is 25.2. The first-order valence-electron chi connectivity index (χ1n) is 11.7. The number of carbonyl (C=O) groups is 2. The van der Waals surface area contributed by atoms with Crippen molar-refractivity contribution in [3.63, 3.8) is 0 Å². The predicted octanol–water partition coefficient (Wildman–Crippen LogP) is 4.80. The van der Waals surface area contributed by atoms with E-state index >= 15 is 0 Å². The molecule has 1 aliphatic carbocycles. The third-order valence-electron chi connectivity index (χ3n) is 5.86. The number of anilines is 1. The van der Waals surface area contributed by atoms with E-state index in [0.717, 1.165) is 36.1 Å². The summed E-state index contributed by atoms with van der Waals surface area (Å²) in [5.41, 5.74) is 2.67. The lowest BCUT2D eigenvalue weighted by molar-refractivity contribution is -0.113. The van der Waals surface area contributed by atoms with Gasteiger partial charge >= 0.3 is 5.97 Å². The summed E-state index contributed by atoms with van der Waals surface area (Å²) >= 11 is 2.78. The van der Waals surface area contributed by atoms with Crippen molar-refractivity contribution in [2.24, 2.45) is 13.0 Å². The lowest BCUT2D eigenvalue weighted by Gasteiger charge is -2.18. The quantitative estimate of drug-likeness (QED) is 0.324. The van der Waals surface area contributed by atoms with E-state index in [4.69, 9.17) is 9.47 Å². The van der Waals surface area contributed by atoms with Crippen LogP contribution in [0.15, 0.2) is 29.4 Å². The highest BCUT2D eigenvalue weighted by atomic mass is 32.2. The minimum atomic E-state index is -0.367. The highest BCUT2D eigenvalue weighted by molar-refractivity contribution is 7.99. The second-order valence-corrected chi connectivity index (χ2v) is 10.7. The SMILES string of the molecule is CCOC(=O)c1c(NC(=O)CSc2nnc(COc3cccc(C)c3)n2C)sc2c1CCC(C)C2. The number of thioether (sulfide) groups is 1. The molecule has 35 heavy (non-hydrogen) atoms. The second kappa shape index (κ2) is 11.3. The molecule has 2 heterocycles. The molecule has 10 heteroatoms. The third kappa shape index (κ3) is 6.05. The molecule has 0 fully saturated rings. The summed E-state index contributed by atoms with van der Waals surface area (Å²) in [6, 6.07) is 7.82. The van der Waals surface area contributed by atoms with Crippen LogP contribution in [0.4, 0.5) is 5.00 Å². The highest BCUT2D eigenvalue weighted by Gasteiger charge is 2.29. The number of hydrogen-bond acceptors (Lipinski definition) is 8. The summed E-state index contributed by atoms with van der Waals surface area (Å²) in [5.74, 6) is 1.58. The molecule has 2 aromatic heterocycles. The van der Waals surface area contributed by atoms with E-state index in [9.17, 15) is 9.59 Å². The van der Waals surface area contributed by atoms with Crippen LogP contribution in [0.25, 0.3) is 0 Å². The Morgan fingerprint density at radius 1 is 1.31 bits per heavy atom. The van der Waals surface area contributed by atoms with Crippen molar-refractivity contribution in [1.29, 1.82) is 0 Å². The Hall–Kier alpha value is -2.85. The van der Waals surface area contributed by atoms with Gasteiger partial charge in [0.15, 0.2) is 11.0 Å². The van der Waals surface area contributed by atoms with Crippen LogP contribution in [0.5, 0.6) is 5.75 Å². The number of aromatic nitrogens is 3. The molecule has 0 radical (unpaired) electrons. The minimum Gasteiger partial charge on any atom is -0.486 e. The molecule has 0 saturated heterocycles. The summed E-state index contributed by atoms with van der Waals surface area (Å²) < 4.78 is 12.9. The molecule has 1 aliphatic rings. The molecule has 0 aliphatic heterocycles. The number of nitrogens with one attached hydrogen (secondary N) is 1. The van der Waals surface area contributed by atoms with Crippen molar-refractivity contribution < 1.29 is 19.1 Å². The molecular formula is C25H30N4O4S2. The summed E-state index contributed by atoms with van der Waals surface area (Å²) in [6.07, 6.45) is 2.78. The molecule has 1 unspecified atom stereocenters. The number of aryl methyl sites for hydroxylation is 1. The minimum absolute atomic E-state index is 0.145. The van der Waals surface area contributed by atoms with Gasteiger partial charge in [0.2, 0.25) is 5.91 Å². The number of esters is 1. The number of thiophene rings is 1. The number of nitrogens with zero attached hydrogens (tertiary/aromatic N) is 3. The lowest BCUT2D eigenvalue weighted by Crippen LogP contribution is -2.18. The van der Waals surface area contributed by atoms with Gasteiger partial charge in [-0.05, 0) is 62.3 Å². The van der Waals surface area contributed by atoms with Gasteiger partial charge in [-0.3, -0.25) is 4.79 Å². The molecule has 1 N–H and O–H groups in total. The molecule has 0 saturated carbocycles. The fourth-order valence-corrected chi connectivity index (χ4v) is 6.15. The highest BCUT2D eigenvalue weighted by Crippen LogP contribution is 2.40. The smallest absolute Gasteiger partial charge is 0.341 e. The first-order chi connectivity index (χ1) is 16.9. The number of rotatable bonds is 9. The Morgan fingerprint density at radius 3 is 2.91 bits per heavy atom. The first-order valence-corrected chi connectivity index (χ1v) is 13.5. The zero-order valence-electron chi connectivity index (χ0n) is 20.4. The van der Waals surface area contributed by atoms with Crippen molar-refractivity contribution >= 4 is 40.0 Å². The van der Waals surface area contributed by atoms with E-state index in [-0.39, 0.29) is 24.2 Å². The van der Waals surface area contributed by atoms with Crippen molar-refractivity contribution in [2.75, 3.05) is 17.7 Å². The largest absolute Gasteiger partial charge is 0.486 e. The maximum atomic E-state index is 12.8. The van der Waals surface area contributed by atoms with Gasteiger partial charge in [0.1, 0.15) is 17.4 Å². The molecule has 0 bridgehead atoms. The lowest BCUT2D eigenvalue weighted by atomic mass is 9.88. The fourth-order valence-electron chi connectivity index (χ4n) is 4.00. The summed E-state index contributed by atoms with van der Waals surface area (Å²) in [7, 11) is 1.85. The number of benzene rings is 1. The van der Waals surface area contributed by atoms with Crippen molar-refractivity contribution in [2.45, 2.75) is 51.8 Å². The van der Waals surface area contributed by atoms with Crippen LogP contribution in [-0.4, -0.2) is 39.0 Å². The van der Waals surface area contributed by atoms with Crippen LogP contribution in [0.1, 0.15) is 52.5 Å². The predicted molar refractivity (Wildman–Crippen MR) is 137 cm³/mol. The molecule has 1 aromatic carbocycles. The average molecular weight is 515 g/mol. The van der Waals surface area contributed by atoms with E-state index in [2.05, 4.69) is 22.4 Å². The van der Waals surface area contributed by atoms with Crippen LogP contribution < -0.4 is 10.1 Å². The van der Waals surface area contributed by atoms with Gasteiger partial charge in [-0.1, -0.05) is 30.8 Å². The van der Waals surface area contributed by atoms with E-state index in [1.165, 1.54) is 28.0 Å². The van der Waals surface area contributed by atoms with E-state index < -0.39 is 0 Å². The number of carbonyl (C=O) groups excluding carboxylic acids is 2. The fraction of sp³-hybridized carbons (Fsp3) is 0.440. The average Bonchev–Trinajstić information content (AvgIpc) is 3.35. The summed E-state index contributed by atoms with van der Waals surface area (Å²) in [4.78, 5) is 26.6. The van der Waals surface area contributed by atoms with Gasteiger partial charge in [0.05, 0.1) is 17.9 Å². The van der Waals surface area contributed by atoms with Crippen LogP contribution in [0, 0.1) is 12.8 Å². The van der Waals surface area contributed by atoms with Gasteiger partial charge in [-0.2, -0.15) is 0 Å². The second-order valence-electron chi connectivity index (χ2n) is 8.68. The standard InChI is InChI=1S/C25H30N4O4S2/c1-5-32-24(31)22-18-10-9-16(3)12-19(18)35-23(22)26-21(30)14-34-25-28-27-20(29(25)4)13-33-17-8-6-7-15(2)11-17/h6-8,11,16H,5,9-10,12-14H2,1-4H3,(H,26,30). The normalized spacial score (nSPS) is 14.9. The number of hydrogen-bond donors (Lipinski definition) is 1. The van der Waals surface area contributed by atoms with Gasteiger partial charge in [-0.25, -0.2) is 4.79 Å². The molecule has 186 valence electrons. The topological polar surface area (TPSA) is 95.3 Å². The Kier molecular flexibility index (Phi) is 8.12. The number of fused-ring (bicyclic) bond motifs is 1. The summed E-state index contributed by atoms with van der Waals surface area (Å²) in [5, 5.41) is 12.5. The zero-order valence-corrected chi connectivity index (χ0v) is 22.1. The van der Waals surface area contributed by atoms with Crippen molar-refractivity contribution in [3.05, 3.63) is 51.7 Å². The molecular weight excluding hydrogens is 484 g/mol. The number of ether oxygens (including phenoxy) is 2. The summed E-state index contributed by atoms with van der Waals surface area (Å²) in [6.45, 7) is 6.58. The van der Waals surface area contributed by atoms with Crippen LogP contribution in [0.2, 0.25) is 0 Å².